The Morgan fingerprint density at radius 1 is 1.36 bits per heavy atom. The van der Waals surface area contributed by atoms with Gasteiger partial charge in [0.25, 0.3) is 0 Å². The van der Waals surface area contributed by atoms with Crippen LogP contribution in [-0.2, 0) is 11.2 Å². The molecule has 0 saturated carbocycles. The van der Waals surface area contributed by atoms with Gasteiger partial charge in [0, 0.05) is 16.8 Å². The first-order valence-electron chi connectivity index (χ1n) is 4.30. The number of aryl methyl sites for hydroxylation is 1. The van der Waals surface area contributed by atoms with E-state index in [2.05, 4.69) is 4.40 Å². The largest absolute Gasteiger partial charge is 0.543 e. The first-order valence-corrected chi connectivity index (χ1v) is 5.08. The number of nitrogens with zero attached hydrogens (tertiary/aromatic N) is 1. The predicted molar refractivity (Wildman–Crippen MR) is 53.1 cm³/mol. The van der Waals surface area contributed by atoms with E-state index in [0.717, 1.165) is 16.9 Å². The summed E-state index contributed by atoms with van der Waals surface area (Å²) in [6, 6.07) is 7.81. The second-order valence-corrected chi connectivity index (χ2v) is 3.83. The number of carboxylic acids is 1. The van der Waals surface area contributed by atoms with Crippen molar-refractivity contribution in [1.29, 1.82) is 0 Å². The number of rotatable bonds is 1. The summed E-state index contributed by atoms with van der Waals surface area (Å²) < 4.78 is 3.94. The van der Waals surface area contributed by atoms with Crippen LogP contribution in [0, 0.1) is 0 Å². The molecule has 1 heterocycles. The molecule has 0 fully saturated rings. The van der Waals surface area contributed by atoms with Crippen molar-refractivity contribution in [3.63, 3.8) is 0 Å². The molecule has 1 aliphatic rings. The van der Waals surface area contributed by atoms with Gasteiger partial charge in [-0.05, 0) is 24.5 Å². The van der Waals surface area contributed by atoms with E-state index in [1.54, 1.807) is 0 Å². The highest BCUT2D eigenvalue weighted by Gasteiger charge is 2.10. The van der Waals surface area contributed by atoms with Crippen LogP contribution in [0.3, 0.4) is 0 Å². The second-order valence-electron chi connectivity index (χ2n) is 3.02. The lowest BCUT2D eigenvalue weighted by atomic mass is 10.1. The van der Waals surface area contributed by atoms with Crippen LogP contribution in [0.1, 0.15) is 12.0 Å². The fourth-order valence-electron chi connectivity index (χ4n) is 1.34. The van der Waals surface area contributed by atoms with Gasteiger partial charge < -0.3 is 9.90 Å². The van der Waals surface area contributed by atoms with Gasteiger partial charge in [0.15, 0.2) is 0 Å². The molecule has 0 radical (unpaired) electrons. The van der Waals surface area contributed by atoms with Crippen molar-refractivity contribution in [2.75, 3.05) is 0 Å². The van der Waals surface area contributed by atoms with Gasteiger partial charge in [-0.15, -0.1) is 0 Å². The summed E-state index contributed by atoms with van der Waals surface area (Å²) in [6.45, 7) is 0. The Morgan fingerprint density at radius 2 is 2.14 bits per heavy atom. The van der Waals surface area contributed by atoms with Gasteiger partial charge in [0.2, 0.25) is 0 Å². The summed E-state index contributed by atoms with van der Waals surface area (Å²) in [6.07, 6.45) is 1.17. The highest BCUT2D eigenvalue weighted by Crippen LogP contribution is 2.27. The molecular formula is C10H8NO2S-. The number of hydrogen-bond acceptors (Lipinski definition) is 4. The van der Waals surface area contributed by atoms with E-state index in [1.807, 2.05) is 24.3 Å². The summed E-state index contributed by atoms with van der Waals surface area (Å²) in [7, 11) is 0. The van der Waals surface area contributed by atoms with Crippen LogP contribution >= 0.6 is 11.9 Å². The SMILES string of the molecule is O=C([O-])C1=NSc2ccccc2CC1. The van der Waals surface area contributed by atoms with E-state index in [9.17, 15) is 9.90 Å². The highest BCUT2D eigenvalue weighted by molar-refractivity contribution is 7.98. The summed E-state index contributed by atoms with van der Waals surface area (Å²) in [5.74, 6) is -1.16. The molecule has 2 rings (SSSR count). The first-order chi connectivity index (χ1) is 6.77. The molecule has 1 aromatic rings. The molecule has 0 spiro atoms. The minimum absolute atomic E-state index is 0.145. The Morgan fingerprint density at radius 3 is 2.93 bits per heavy atom. The molecule has 0 atom stereocenters. The van der Waals surface area contributed by atoms with Crippen LogP contribution in [0.15, 0.2) is 33.6 Å². The predicted octanol–water partition coefficient (Wildman–Crippen LogP) is 0.831. The second kappa shape index (κ2) is 3.84. The molecule has 0 bridgehead atoms. The number of carbonyl (C=O) groups is 1. The number of fused-ring (bicyclic) bond motifs is 1. The molecule has 0 amide bonds. The van der Waals surface area contributed by atoms with Gasteiger partial charge >= 0.3 is 0 Å². The van der Waals surface area contributed by atoms with Crippen molar-refractivity contribution in [2.45, 2.75) is 17.7 Å². The Kier molecular flexibility index (Phi) is 2.54. The minimum Gasteiger partial charge on any atom is -0.543 e. The number of carboxylic acid groups (broad SMARTS) is 1. The maximum Gasteiger partial charge on any atom is 0.0865 e. The van der Waals surface area contributed by atoms with E-state index in [1.165, 1.54) is 11.9 Å². The molecule has 1 aliphatic heterocycles. The fraction of sp³-hybridized carbons (Fsp3) is 0.200. The molecule has 0 aromatic heterocycles. The van der Waals surface area contributed by atoms with Gasteiger partial charge in [-0.1, -0.05) is 18.2 Å². The number of carbonyl (C=O) groups excluding carboxylic acids is 1. The van der Waals surface area contributed by atoms with Crippen LogP contribution in [0.25, 0.3) is 0 Å². The number of hydrogen-bond donors (Lipinski definition) is 0. The average Bonchev–Trinajstić information content (AvgIpc) is 2.39. The summed E-state index contributed by atoms with van der Waals surface area (Å²) >= 11 is 1.21. The third-order valence-electron chi connectivity index (χ3n) is 2.09. The van der Waals surface area contributed by atoms with Gasteiger partial charge in [-0.25, -0.2) is 4.40 Å². The van der Waals surface area contributed by atoms with E-state index in [0.29, 0.717) is 6.42 Å². The topological polar surface area (TPSA) is 52.5 Å². The van der Waals surface area contributed by atoms with Crippen LogP contribution in [-0.4, -0.2) is 11.7 Å². The zero-order valence-corrected chi connectivity index (χ0v) is 8.21. The monoisotopic (exact) mass is 206 g/mol. The molecule has 3 nitrogen and oxygen atoms in total. The van der Waals surface area contributed by atoms with E-state index in [-0.39, 0.29) is 5.71 Å². The lowest BCUT2D eigenvalue weighted by molar-refractivity contribution is -0.294. The normalized spacial score (nSPS) is 15.3. The third kappa shape index (κ3) is 1.80. The van der Waals surface area contributed by atoms with E-state index >= 15 is 0 Å². The Hall–Kier alpha value is -1.29. The Bertz CT molecular complexity index is 401. The van der Waals surface area contributed by atoms with Crippen LogP contribution < -0.4 is 5.11 Å². The van der Waals surface area contributed by atoms with Gasteiger partial charge in [-0.2, -0.15) is 0 Å². The van der Waals surface area contributed by atoms with Crippen LogP contribution in [0.4, 0.5) is 0 Å². The van der Waals surface area contributed by atoms with Crippen molar-refractivity contribution in [1.82, 2.24) is 0 Å². The molecule has 72 valence electrons. The maximum absolute atomic E-state index is 10.6. The molecule has 0 aliphatic carbocycles. The smallest absolute Gasteiger partial charge is 0.0865 e. The average molecular weight is 206 g/mol. The van der Waals surface area contributed by atoms with Crippen molar-refractivity contribution >= 4 is 23.6 Å². The quantitative estimate of drug-likeness (QED) is 0.639. The first kappa shape index (κ1) is 9.27. The van der Waals surface area contributed by atoms with Crippen molar-refractivity contribution in [3.05, 3.63) is 29.8 Å². The summed E-state index contributed by atoms with van der Waals surface area (Å²) in [4.78, 5) is 11.6. The number of benzene rings is 1. The van der Waals surface area contributed by atoms with E-state index < -0.39 is 5.97 Å². The lowest BCUT2D eigenvalue weighted by Crippen LogP contribution is -2.31. The lowest BCUT2D eigenvalue weighted by Gasteiger charge is -2.02. The highest BCUT2D eigenvalue weighted by atomic mass is 32.2. The van der Waals surface area contributed by atoms with Gasteiger partial charge in [0.05, 0.1) is 11.7 Å². The molecule has 1 aromatic carbocycles. The van der Waals surface area contributed by atoms with E-state index in [4.69, 9.17) is 0 Å². The Labute approximate surface area is 86.0 Å². The standard InChI is InChI=1S/C10H9NO2S/c12-10(13)8-6-5-7-3-1-2-4-9(7)14-11-8/h1-4H,5-6H2,(H,12,13)/p-1. The zero-order valence-electron chi connectivity index (χ0n) is 7.40. The molecule has 0 unspecified atom stereocenters. The van der Waals surface area contributed by atoms with Crippen LogP contribution in [0.2, 0.25) is 0 Å². The van der Waals surface area contributed by atoms with Crippen LogP contribution in [0.5, 0.6) is 0 Å². The zero-order chi connectivity index (χ0) is 9.97. The maximum atomic E-state index is 10.6. The minimum atomic E-state index is -1.16. The van der Waals surface area contributed by atoms with Gasteiger partial charge in [0.1, 0.15) is 0 Å². The number of aliphatic carboxylic acids is 1. The molecule has 4 heteroatoms. The van der Waals surface area contributed by atoms with Crippen molar-refractivity contribution in [3.8, 4) is 0 Å². The Balaban J connectivity index is 2.28. The van der Waals surface area contributed by atoms with Crippen molar-refractivity contribution in [2.24, 2.45) is 4.40 Å². The molecular weight excluding hydrogens is 198 g/mol. The molecule has 0 saturated heterocycles. The molecule has 0 N–H and O–H groups in total. The fourth-order valence-corrected chi connectivity index (χ4v) is 2.14. The third-order valence-corrected chi connectivity index (χ3v) is 3.00. The summed E-state index contributed by atoms with van der Waals surface area (Å²) in [5, 5.41) is 10.6. The summed E-state index contributed by atoms with van der Waals surface area (Å²) in [5.41, 5.74) is 1.30. The molecule has 14 heavy (non-hydrogen) atoms. The van der Waals surface area contributed by atoms with Gasteiger partial charge in [-0.3, -0.25) is 0 Å². The van der Waals surface area contributed by atoms with Crippen molar-refractivity contribution < 1.29 is 9.90 Å².